The number of carbonyl (C=O) groups excluding carboxylic acids is 2. The number of amides is 1. The Hall–Kier alpha value is -2.46. The van der Waals surface area contributed by atoms with Gasteiger partial charge in [0.2, 0.25) is 0 Å². The van der Waals surface area contributed by atoms with Crippen LogP contribution in [0.4, 0.5) is 5.69 Å². The van der Waals surface area contributed by atoms with E-state index >= 15 is 0 Å². The van der Waals surface area contributed by atoms with Gasteiger partial charge in [0.25, 0.3) is 11.7 Å². The fourth-order valence-electron chi connectivity index (χ4n) is 3.58. The van der Waals surface area contributed by atoms with E-state index in [1.54, 1.807) is 11.0 Å². The second kappa shape index (κ2) is 5.63. The molecule has 0 spiro atoms. The summed E-state index contributed by atoms with van der Waals surface area (Å²) >= 11 is 0. The Morgan fingerprint density at radius 3 is 2.52 bits per heavy atom. The minimum absolute atomic E-state index is 0.0822. The van der Waals surface area contributed by atoms with E-state index < -0.39 is 0 Å². The zero-order chi connectivity index (χ0) is 15.8. The van der Waals surface area contributed by atoms with Crippen LogP contribution in [0, 0.1) is 0 Å². The number of para-hydroxylation sites is 1. The number of nitrogens with zero attached hydrogens (tertiary/aromatic N) is 2. The maximum Gasteiger partial charge on any atom is 0.299 e. The van der Waals surface area contributed by atoms with Crippen molar-refractivity contribution in [1.82, 2.24) is 4.90 Å². The molecule has 4 rings (SSSR count). The molecule has 116 valence electrons. The molecule has 1 saturated heterocycles. The van der Waals surface area contributed by atoms with Gasteiger partial charge in [0.15, 0.2) is 0 Å². The molecule has 2 aromatic carbocycles. The van der Waals surface area contributed by atoms with Crippen LogP contribution in [0.2, 0.25) is 0 Å². The fraction of sp³-hybridized carbons (Fsp3) is 0.263. The number of ketones is 1. The average molecular weight is 306 g/mol. The number of likely N-dealkylation sites (tertiary alicyclic amines) is 1. The summed E-state index contributed by atoms with van der Waals surface area (Å²) in [5.41, 5.74) is 2.59. The van der Waals surface area contributed by atoms with Crippen molar-refractivity contribution in [3.63, 3.8) is 0 Å². The molecule has 1 fully saturated rings. The molecule has 0 bridgehead atoms. The van der Waals surface area contributed by atoms with E-state index in [-0.39, 0.29) is 17.7 Å². The van der Waals surface area contributed by atoms with Gasteiger partial charge in [-0.15, -0.1) is 0 Å². The summed E-state index contributed by atoms with van der Waals surface area (Å²) in [4.78, 5) is 28.6. The predicted octanol–water partition coefficient (Wildman–Crippen LogP) is 2.49. The van der Waals surface area contributed by atoms with Gasteiger partial charge in [0.1, 0.15) is 0 Å². The molecule has 2 aliphatic rings. The monoisotopic (exact) mass is 306 g/mol. The molecule has 4 nitrogen and oxygen atoms in total. The smallest absolute Gasteiger partial charge is 0.299 e. The van der Waals surface area contributed by atoms with Crippen molar-refractivity contribution in [3.8, 4) is 0 Å². The first-order valence-electron chi connectivity index (χ1n) is 7.97. The lowest BCUT2D eigenvalue weighted by molar-refractivity contribution is -0.114. The van der Waals surface area contributed by atoms with Crippen LogP contribution in [0.25, 0.3) is 0 Å². The van der Waals surface area contributed by atoms with Gasteiger partial charge >= 0.3 is 0 Å². The van der Waals surface area contributed by atoms with Gasteiger partial charge in [-0.1, -0.05) is 42.5 Å². The van der Waals surface area contributed by atoms with Crippen LogP contribution < -0.4 is 4.90 Å². The van der Waals surface area contributed by atoms with Gasteiger partial charge in [-0.3, -0.25) is 14.5 Å². The van der Waals surface area contributed by atoms with Crippen molar-refractivity contribution in [2.24, 2.45) is 0 Å². The third kappa shape index (κ3) is 2.45. The highest BCUT2D eigenvalue weighted by molar-refractivity contribution is 6.52. The van der Waals surface area contributed by atoms with Gasteiger partial charge in [0, 0.05) is 19.6 Å². The summed E-state index contributed by atoms with van der Waals surface area (Å²) in [6.45, 7) is 2.64. The lowest BCUT2D eigenvalue weighted by Gasteiger charge is -2.24. The zero-order valence-electron chi connectivity index (χ0n) is 12.8. The highest BCUT2D eigenvalue weighted by Gasteiger charge is 2.41. The third-order valence-electron chi connectivity index (χ3n) is 4.68. The quantitative estimate of drug-likeness (QED) is 0.818. The van der Waals surface area contributed by atoms with E-state index in [0.717, 1.165) is 31.7 Å². The number of anilines is 1. The van der Waals surface area contributed by atoms with Gasteiger partial charge < -0.3 is 4.90 Å². The molecule has 1 atom stereocenters. The average Bonchev–Trinajstić information content (AvgIpc) is 3.12. The minimum atomic E-state index is -0.377. The summed E-state index contributed by atoms with van der Waals surface area (Å²) in [6.07, 6.45) is 0.903. The van der Waals surface area contributed by atoms with Crippen molar-refractivity contribution < 1.29 is 9.59 Å². The molecule has 23 heavy (non-hydrogen) atoms. The van der Waals surface area contributed by atoms with Crippen molar-refractivity contribution in [1.29, 1.82) is 0 Å². The Bertz CT molecular complexity index is 757. The zero-order valence-corrected chi connectivity index (χ0v) is 12.8. The SMILES string of the molecule is O=C1C(=O)N(C2CCN(Cc3ccccc3)C2)c2ccccc21. The van der Waals surface area contributed by atoms with Crippen molar-refractivity contribution in [3.05, 3.63) is 65.7 Å². The molecule has 0 N–H and O–H groups in total. The summed E-state index contributed by atoms with van der Waals surface area (Å²) < 4.78 is 0. The second-order valence-corrected chi connectivity index (χ2v) is 6.18. The Balaban J connectivity index is 1.52. The van der Waals surface area contributed by atoms with E-state index in [2.05, 4.69) is 17.0 Å². The van der Waals surface area contributed by atoms with Gasteiger partial charge in [-0.05, 0) is 24.1 Å². The second-order valence-electron chi connectivity index (χ2n) is 6.18. The molecule has 1 unspecified atom stereocenters. The first kappa shape index (κ1) is 14.2. The number of hydrogen-bond donors (Lipinski definition) is 0. The van der Waals surface area contributed by atoms with Crippen LogP contribution in [0.1, 0.15) is 22.3 Å². The molecule has 0 aliphatic carbocycles. The topological polar surface area (TPSA) is 40.6 Å². The Kier molecular flexibility index (Phi) is 3.46. The van der Waals surface area contributed by atoms with Crippen LogP contribution in [0.15, 0.2) is 54.6 Å². The van der Waals surface area contributed by atoms with Crippen LogP contribution >= 0.6 is 0 Å². The standard InChI is InChI=1S/C19H18N2O2/c22-18-16-8-4-5-9-17(16)21(19(18)23)15-10-11-20(13-15)12-14-6-2-1-3-7-14/h1-9,15H,10-13H2. The summed E-state index contributed by atoms with van der Waals surface area (Å²) in [7, 11) is 0. The molecular weight excluding hydrogens is 288 g/mol. The summed E-state index contributed by atoms with van der Waals surface area (Å²) in [5, 5.41) is 0. The predicted molar refractivity (Wildman–Crippen MR) is 88.4 cm³/mol. The highest BCUT2D eigenvalue weighted by atomic mass is 16.2. The molecule has 0 aromatic heterocycles. The highest BCUT2D eigenvalue weighted by Crippen LogP contribution is 2.33. The number of carbonyl (C=O) groups is 2. The minimum Gasteiger partial charge on any atom is -0.300 e. The van der Waals surface area contributed by atoms with E-state index in [9.17, 15) is 9.59 Å². The summed E-state index contributed by atoms with van der Waals surface area (Å²) in [6, 6.07) is 17.7. The Labute approximate surface area is 135 Å². The van der Waals surface area contributed by atoms with E-state index in [1.807, 2.05) is 36.4 Å². The molecule has 2 heterocycles. The van der Waals surface area contributed by atoms with Crippen LogP contribution in [0.3, 0.4) is 0 Å². The number of rotatable bonds is 3. The normalized spacial score (nSPS) is 21.0. The van der Waals surface area contributed by atoms with Gasteiger partial charge in [-0.25, -0.2) is 0 Å². The molecule has 2 aliphatic heterocycles. The maximum atomic E-state index is 12.4. The van der Waals surface area contributed by atoms with Crippen molar-refractivity contribution in [2.75, 3.05) is 18.0 Å². The third-order valence-corrected chi connectivity index (χ3v) is 4.68. The van der Waals surface area contributed by atoms with E-state index in [0.29, 0.717) is 5.56 Å². The van der Waals surface area contributed by atoms with Crippen LogP contribution in [-0.4, -0.2) is 35.7 Å². The molecule has 0 radical (unpaired) electrons. The Morgan fingerprint density at radius 2 is 1.70 bits per heavy atom. The number of benzene rings is 2. The first-order valence-corrected chi connectivity index (χ1v) is 7.97. The molecule has 0 saturated carbocycles. The lowest BCUT2D eigenvalue weighted by Crippen LogP contribution is -2.41. The molecule has 1 amide bonds. The Morgan fingerprint density at radius 1 is 0.957 bits per heavy atom. The summed E-state index contributed by atoms with van der Waals surface area (Å²) in [5.74, 6) is -0.750. The van der Waals surface area contributed by atoms with Crippen molar-refractivity contribution >= 4 is 17.4 Å². The molecule has 2 aromatic rings. The number of fused-ring (bicyclic) bond motifs is 1. The van der Waals surface area contributed by atoms with Crippen LogP contribution in [-0.2, 0) is 11.3 Å². The van der Waals surface area contributed by atoms with E-state index in [1.165, 1.54) is 5.56 Å². The molecular formula is C19H18N2O2. The van der Waals surface area contributed by atoms with Gasteiger partial charge in [0.05, 0.1) is 17.3 Å². The van der Waals surface area contributed by atoms with Crippen molar-refractivity contribution in [2.45, 2.75) is 19.0 Å². The fourth-order valence-corrected chi connectivity index (χ4v) is 3.58. The first-order chi connectivity index (χ1) is 11.2. The maximum absolute atomic E-state index is 12.4. The van der Waals surface area contributed by atoms with E-state index in [4.69, 9.17) is 0 Å². The largest absolute Gasteiger partial charge is 0.300 e. The number of hydrogen-bond acceptors (Lipinski definition) is 3. The molecule has 4 heteroatoms. The van der Waals surface area contributed by atoms with Gasteiger partial charge in [-0.2, -0.15) is 0 Å². The lowest BCUT2D eigenvalue weighted by atomic mass is 10.1. The number of Topliss-reactive ketones (excluding diaryl/α,β-unsaturated/α-hetero) is 1. The van der Waals surface area contributed by atoms with Crippen LogP contribution in [0.5, 0.6) is 0 Å².